The van der Waals surface area contributed by atoms with Crippen molar-refractivity contribution < 1.29 is 0 Å². The fourth-order valence-electron chi connectivity index (χ4n) is 2.44. The van der Waals surface area contributed by atoms with Crippen molar-refractivity contribution in [1.29, 1.82) is 0 Å². The summed E-state index contributed by atoms with van der Waals surface area (Å²) in [5.41, 5.74) is 5.39. The predicted molar refractivity (Wildman–Crippen MR) is 90.2 cm³/mol. The van der Waals surface area contributed by atoms with Gasteiger partial charge in [-0.05, 0) is 49.6 Å². The van der Waals surface area contributed by atoms with Gasteiger partial charge in [0.05, 0.1) is 0 Å². The van der Waals surface area contributed by atoms with Gasteiger partial charge in [-0.15, -0.1) is 0 Å². The largest absolute Gasteiger partial charge is 0.313 e. The molecule has 0 saturated carbocycles. The van der Waals surface area contributed by atoms with Gasteiger partial charge in [-0.1, -0.05) is 64.8 Å². The van der Waals surface area contributed by atoms with Crippen LogP contribution in [0.4, 0.5) is 0 Å². The van der Waals surface area contributed by atoms with Gasteiger partial charge in [-0.2, -0.15) is 0 Å². The molecule has 0 spiro atoms. The molecule has 1 atom stereocenters. The standard InChI is InChI=1S/C18H22BrN/c1-4-14-6-8-15(9-7-14)12-18(20-3)16-11-13(2)5-10-17(16)19/h5-11,18,20H,4,12H2,1-3H3. The van der Waals surface area contributed by atoms with Crippen molar-refractivity contribution >= 4 is 15.9 Å². The van der Waals surface area contributed by atoms with Crippen molar-refractivity contribution in [2.75, 3.05) is 7.05 Å². The zero-order valence-corrected chi connectivity index (χ0v) is 14.0. The van der Waals surface area contributed by atoms with E-state index in [0.29, 0.717) is 6.04 Å². The summed E-state index contributed by atoms with van der Waals surface area (Å²) in [5, 5.41) is 3.43. The van der Waals surface area contributed by atoms with Crippen LogP contribution >= 0.6 is 15.9 Å². The molecule has 1 N–H and O–H groups in total. The predicted octanol–water partition coefficient (Wildman–Crippen LogP) is 4.82. The SMILES string of the molecule is CCc1ccc(CC(NC)c2cc(C)ccc2Br)cc1. The molecular formula is C18H22BrN. The first-order valence-corrected chi connectivity index (χ1v) is 7.94. The lowest BCUT2D eigenvalue weighted by atomic mass is 9.97. The van der Waals surface area contributed by atoms with Gasteiger partial charge in [0.25, 0.3) is 0 Å². The number of halogens is 1. The molecule has 0 saturated heterocycles. The monoisotopic (exact) mass is 331 g/mol. The molecule has 1 unspecified atom stereocenters. The molecule has 2 aromatic rings. The molecule has 1 nitrogen and oxygen atoms in total. The lowest BCUT2D eigenvalue weighted by Crippen LogP contribution is -2.19. The Hall–Kier alpha value is -1.12. The molecule has 106 valence electrons. The van der Waals surface area contributed by atoms with Crippen molar-refractivity contribution in [3.63, 3.8) is 0 Å². The summed E-state index contributed by atoms with van der Waals surface area (Å²) < 4.78 is 1.17. The topological polar surface area (TPSA) is 12.0 Å². The quantitative estimate of drug-likeness (QED) is 0.827. The van der Waals surface area contributed by atoms with Crippen LogP contribution in [0.2, 0.25) is 0 Å². The van der Waals surface area contributed by atoms with Crippen LogP contribution in [0, 0.1) is 6.92 Å². The van der Waals surface area contributed by atoms with E-state index in [1.807, 2.05) is 7.05 Å². The number of benzene rings is 2. The van der Waals surface area contributed by atoms with Crippen LogP contribution in [0.1, 0.15) is 35.2 Å². The van der Waals surface area contributed by atoms with Gasteiger partial charge < -0.3 is 5.32 Å². The van der Waals surface area contributed by atoms with E-state index in [1.165, 1.54) is 26.7 Å². The lowest BCUT2D eigenvalue weighted by molar-refractivity contribution is 0.589. The zero-order valence-electron chi connectivity index (χ0n) is 12.4. The van der Waals surface area contributed by atoms with Crippen LogP contribution in [-0.2, 0) is 12.8 Å². The van der Waals surface area contributed by atoms with E-state index in [-0.39, 0.29) is 0 Å². The summed E-state index contributed by atoms with van der Waals surface area (Å²) in [7, 11) is 2.03. The second kappa shape index (κ2) is 7.05. The Balaban J connectivity index is 2.21. The summed E-state index contributed by atoms with van der Waals surface area (Å²) >= 11 is 3.67. The van der Waals surface area contributed by atoms with E-state index in [2.05, 4.69) is 77.6 Å². The molecule has 0 aliphatic heterocycles. The third-order valence-electron chi connectivity index (χ3n) is 3.75. The smallest absolute Gasteiger partial charge is 0.0369 e. The number of likely N-dealkylation sites (N-methyl/N-ethyl adjacent to an activating group) is 1. The molecule has 0 aliphatic carbocycles. The number of rotatable bonds is 5. The van der Waals surface area contributed by atoms with Gasteiger partial charge in [0.15, 0.2) is 0 Å². The van der Waals surface area contributed by atoms with Gasteiger partial charge in [-0.3, -0.25) is 0 Å². The molecule has 2 rings (SSSR count). The lowest BCUT2D eigenvalue weighted by Gasteiger charge is -2.19. The molecule has 2 heteroatoms. The van der Waals surface area contributed by atoms with Gasteiger partial charge in [0.1, 0.15) is 0 Å². The van der Waals surface area contributed by atoms with Gasteiger partial charge in [0.2, 0.25) is 0 Å². The second-order valence-electron chi connectivity index (χ2n) is 5.24. The van der Waals surface area contributed by atoms with Crippen molar-refractivity contribution in [1.82, 2.24) is 5.32 Å². The summed E-state index contributed by atoms with van der Waals surface area (Å²) in [4.78, 5) is 0. The molecule has 0 bridgehead atoms. The number of hydrogen-bond donors (Lipinski definition) is 1. The third-order valence-corrected chi connectivity index (χ3v) is 4.47. The van der Waals surface area contributed by atoms with Gasteiger partial charge in [0, 0.05) is 10.5 Å². The molecule has 0 aliphatic rings. The average molecular weight is 332 g/mol. The Morgan fingerprint density at radius 2 is 1.70 bits per heavy atom. The highest BCUT2D eigenvalue weighted by Crippen LogP contribution is 2.27. The minimum atomic E-state index is 0.330. The highest BCUT2D eigenvalue weighted by Gasteiger charge is 2.13. The van der Waals surface area contributed by atoms with Gasteiger partial charge in [-0.25, -0.2) is 0 Å². The number of aryl methyl sites for hydroxylation is 2. The fraction of sp³-hybridized carbons (Fsp3) is 0.333. The Labute approximate surface area is 130 Å². The van der Waals surface area contributed by atoms with E-state index >= 15 is 0 Å². The Morgan fingerprint density at radius 3 is 2.30 bits per heavy atom. The zero-order chi connectivity index (χ0) is 14.5. The minimum absolute atomic E-state index is 0.330. The summed E-state index contributed by atoms with van der Waals surface area (Å²) in [5.74, 6) is 0. The van der Waals surface area contributed by atoms with Crippen molar-refractivity contribution in [2.24, 2.45) is 0 Å². The molecule has 0 aromatic heterocycles. The Morgan fingerprint density at radius 1 is 1.05 bits per heavy atom. The Kier molecular flexibility index (Phi) is 5.38. The van der Waals surface area contributed by atoms with Crippen LogP contribution in [-0.4, -0.2) is 7.05 Å². The van der Waals surface area contributed by atoms with Crippen LogP contribution in [0.3, 0.4) is 0 Å². The van der Waals surface area contributed by atoms with E-state index in [4.69, 9.17) is 0 Å². The van der Waals surface area contributed by atoms with E-state index < -0.39 is 0 Å². The molecule has 20 heavy (non-hydrogen) atoms. The van der Waals surface area contributed by atoms with Crippen LogP contribution in [0.25, 0.3) is 0 Å². The van der Waals surface area contributed by atoms with Crippen molar-refractivity contribution in [3.8, 4) is 0 Å². The maximum Gasteiger partial charge on any atom is 0.0369 e. The molecule has 0 fully saturated rings. The van der Waals surface area contributed by atoms with E-state index in [0.717, 1.165) is 12.8 Å². The molecule has 2 aromatic carbocycles. The molecule has 0 radical (unpaired) electrons. The van der Waals surface area contributed by atoms with Crippen molar-refractivity contribution in [3.05, 3.63) is 69.2 Å². The summed E-state index contributed by atoms with van der Waals surface area (Å²) in [6.07, 6.45) is 2.10. The van der Waals surface area contributed by atoms with Gasteiger partial charge >= 0.3 is 0 Å². The first-order valence-electron chi connectivity index (χ1n) is 7.15. The number of nitrogens with one attached hydrogen (secondary N) is 1. The van der Waals surface area contributed by atoms with E-state index in [9.17, 15) is 0 Å². The third kappa shape index (κ3) is 3.71. The van der Waals surface area contributed by atoms with Crippen molar-refractivity contribution in [2.45, 2.75) is 32.7 Å². The normalized spacial score (nSPS) is 12.4. The number of hydrogen-bond acceptors (Lipinski definition) is 1. The highest BCUT2D eigenvalue weighted by molar-refractivity contribution is 9.10. The first kappa shape index (κ1) is 15.3. The first-order chi connectivity index (χ1) is 9.63. The van der Waals surface area contributed by atoms with Crippen LogP contribution in [0.5, 0.6) is 0 Å². The summed E-state index contributed by atoms with van der Waals surface area (Å²) in [6, 6.07) is 15.8. The van der Waals surface area contributed by atoms with Crippen LogP contribution < -0.4 is 5.32 Å². The fourth-order valence-corrected chi connectivity index (χ4v) is 2.97. The highest BCUT2D eigenvalue weighted by atomic mass is 79.9. The van der Waals surface area contributed by atoms with Crippen LogP contribution in [0.15, 0.2) is 46.9 Å². The Bertz CT molecular complexity index is 560. The maximum atomic E-state index is 3.67. The summed E-state index contributed by atoms with van der Waals surface area (Å²) in [6.45, 7) is 4.33. The molecule has 0 amide bonds. The minimum Gasteiger partial charge on any atom is -0.313 e. The second-order valence-corrected chi connectivity index (χ2v) is 6.09. The van der Waals surface area contributed by atoms with E-state index in [1.54, 1.807) is 0 Å². The maximum absolute atomic E-state index is 3.67. The average Bonchev–Trinajstić information content (AvgIpc) is 2.48. The molecule has 0 heterocycles. The molecular weight excluding hydrogens is 310 g/mol.